The van der Waals surface area contributed by atoms with Gasteiger partial charge in [0.15, 0.2) is 0 Å². The maximum absolute atomic E-state index is 13.0. The third kappa shape index (κ3) is 5.20. The third-order valence-corrected chi connectivity index (χ3v) is 7.88. The van der Waals surface area contributed by atoms with Crippen LogP contribution in [0.3, 0.4) is 0 Å². The lowest BCUT2D eigenvalue weighted by atomic mass is 9.80. The second-order valence-electron chi connectivity index (χ2n) is 9.06. The zero-order valence-corrected chi connectivity index (χ0v) is 22.5. The Kier molecular flexibility index (Phi) is 7.55. The van der Waals surface area contributed by atoms with Crippen LogP contribution in [0.1, 0.15) is 40.2 Å². The minimum absolute atomic E-state index is 0.0501. The smallest absolute Gasteiger partial charge is 0.455 e. The standard InChI is InChI=1S/C26H23BCl2N2O6S/c1-30-26(32)24-20-12-19(14-2-3-14)16(10-23(20)37-25(24)15-4-6-17(28)7-5-15)13-31(38(35)36)18-8-9-21(27(33)34)22(29)11-18/h4-12,14,33-34H,2-3,13H2,1H3,(H,30,32)(H,35,36). The van der Waals surface area contributed by atoms with E-state index in [0.717, 1.165) is 24.0 Å². The second-order valence-corrected chi connectivity index (χ2v) is 10.8. The molecule has 8 nitrogen and oxygen atoms in total. The third-order valence-electron chi connectivity index (χ3n) is 6.58. The first-order valence-electron chi connectivity index (χ1n) is 11.8. The van der Waals surface area contributed by atoms with Gasteiger partial charge in [-0.1, -0.05) is 29.3 Å². The fraction of sp³-hybridized carbons (Fsp3) is 0.192. The highest BCUT2D eigenvalue weighted by Gasteiger charge is 2.31. The summed E-state index contributed by atoms with van der Waals surface area (Å²) in [6.45, 7) is 0.0501. The molecule has 1 aromatic heterocycles. The van der Waals surface area contributed by atoms with Crippen molar-refractivity contribution in [2.75, 3.05) is 11.4 Å². The number of halogens is 2. The van der Waals surface area contributed by atoms with Crippen LogP contribution in [0.25, 0.3) is 22.3 Å². The van der Waals surface area contributed by atoms with Crippen LogP contribution in [0, 0.1) is 0 Å². The van der Waals surface area contributed by atoms with Gasteiger partial charge in [-0.2, -0.15) is 0 Å². The number of nitrogens with one attached hydrogen (secondary N) is 1. The van der Waals surface area contributed by atoms with Gasteiger partial charge in [0.2, 0.25) is 0 Å². The molecule has 1 aliphatic rings. The van der Waals surface area contributed by atoms with Gasteiger partial charge < -0.3 is 19.8 Å². The summed E-state index contributed by atoms with van der Waals surface area (Å²) in [7, 11) is -0.208. The number of anilines is 1. The molecule has 4 N–H and O–H groups in total. The van der Waals surface area contributed by atoms with Crippen LogP contribution >= 0.6 is 23.2 Å². The number of benzene rings is 3. The lowest BCUT2D eigenvalue weighted by Crippen LogP contribution is -2.31. The predicted octanol–water partition coefficient (Wildman–Crippen LogP) is 4.47. The summed E-state index contributed by atoms with van der Waals surface area (Å²) in [5, 5.41) is 22.9. The van der Waals surface area contributed by atoms with Gasteiger partial charge in [0.05, 0.1) is 17.8 Å². The summed E-state index contributed by atoms with van der Waals surface area (Å²) in [5.41, 5.74) is 3.72. The van der Waals surface area contributed by atoms with Crippen molar-refractivity contribution in [3.05, 3.63) is 81.3 Å². The van der Waals surface area contributed by atoms with Gasteiger partial charge in [-0.3, -0.25) is 13.7 Å². The van der Waals surface area contributed by atoms with E-state index < -0.39 is 18.4 Å². The molecule has 1 amide bonds. The molecule has 0 saturated heterocycles. The highest BCUT2D eigenvalue weighted by atomic mass is 35.5. The average molecular weight is 573 g/mol. The van der Waals surface area contributed by atoms with Crippen LogP contribution < -0.4 is 15.1 Å². The minimum Gasteiger partial charge on any atom is -0.455 e. The summed E-state index contributed by atoms with van der Waals surface area (Å²) in [6, 6.07) is 15.1. The molecule has 0 aliphatic heterocycles. The van der Waals surface area contributed by atoms with E-state index in [-0.39, 0.29) is 28.9 Å². The number of nitrogens with zero attached hydrogens (tertiary/aromatic N) is 1. The molecule has 4 aromatic rings. The molecule has 0 radical (unpaired) electrons. The zero-order chi connectivity index (χ0) is 27.1. The van der Waals surface area contributed by atoms with Crippen LogP contribution in [0.5, 0.6) is 0 Å². The van der Waals surface area contributed by atoms with Crippen molar-refractivity contribution in [3.8, 4) is 11.3 Å². The number of carbonyl (C=O) groups excluding carboxylic acids is 1. The van der Waals surface area contributed by atoms with E-state index in [4.69, 9.17) is 27.6 Å². The van der Waals surface area contributed by atoms with Crippen LogP contribution in [-0.4, -0.2) is 38.9 Å². The number of fused-ring (bicyclic) bond motifs is 1. The van der Waals surface area contributed by atoms with Crippen molar-refractivity contribution < 1.29 is 28.0 Å². The Morgan fingerprint density at radius 2 is 1.84 bits per heavy atom. The van der Waals surface area contributed by atoms with Crippen molar-refractivity contribution >= 4 is 69.6 Å². The summed E-state index contributed by atoms with van der Waals surface area (Å²) in [4.78, 5) is 13.0. The van der Waals surface area contributed by atoms with Crippen molar-refractivity contribution in [1.29, 1.82) is 0 Å². The molecule has 1 fully saturated rings. The number of hydrogen-bond donors (Lipinski definition) is 4. The van der Waals surface area contributed by atoms with Gasteiger partial charge in [-0.25, -0.2) is 4.21 Å². The molecule has 1 aliphatic carbocycles. The maximum Gasteiger partial charge on any atom is 0.489 e. The molecule has 1 unspecified atom stereocenters. The quantitative estimate of drug-likeness (QED) is 0.182. The van der Waals surface area contributed by atoms with Crippen molar-refractivity contribution in [2.24, 2.45) is 0 Å². The molecule has 1 saturated carbocycles. The summed E-state index contributed by atoms with van der Waals surface area (Å²) in [6.07, 6.45) is 1.93. The van der Waals surface area contributed by atoms with Gasteiger partial charge in [0.1, 0.15) is 11.3 Å². The zero-order valence-electron chi connectivity index (χ0n) is 20.1. The topological polar surface area (TPSA) is 123 Å². The van der Waals surface area contributed by atoms with E-state index in [9.17, 15) is 23.6 Å². The first kappa shape index (κ1) is 26.7. The van der Waals surface area contributed by atoms with Crippen LogP contribution in [-0.2, 0) is 17.8 Å². The van der Waals surface area contributed by atoms with E-state index in [1.165, 1.54) is 22.5 Å². The fourth-order valence-electron chi connectivity index (χ4n) is 4.54. The maximum atomic E-state index is 13.0. The van der Waals surface area contributed by atoms with E-state index in [2.05, 4.69) is 5.32 Å². The molecule has 0 spiro atoms. The molecule has 5 rings (SSSR count). The van der Waals surface area contributed by atoms with Gasteiger partial charge in [-0.15, -0.1) is 0 Å². The Balaban J connectivity index is 1.63. The normalized spacial score (nSPS) is 13.9. The number of carbonyl (C=O) groups is 1. The molecule has 1 atom stereocenters. The van der Waals surface area contributed by atoms with E-state index >= 15 is 0 Å². The molecular formula is C26H23BCl2N2O6S. The Bertz CT molecular complexity index is 1560. The molecule has 3 aromatic carbocycles. The largest absolute Gasteiger partial charge is 0.489 e. The van der Waals surface area contributed by atoms with Crippen molar-refractivity contribution in [3.63, 3.8) is 0 Å². The van der Waals surface area contributed by atoms with E-state index in [0.29, 0.717) is 38.6 Å². The Morgan fingerprint density at radius 3 is 2.42 bits per heavy atom. The molecular weight excluding hydrogens is 550 g/mol. The second kappa shape index (κ2) is 10.7. The summed E-state index contributed by atoms with van der Waals surface area (Å²) < 4.78 is 30.0. The lowest BCUT2D eigenvalue weighted by molar-refractivity contribution is 0.0964. The monoisotopic (exact) mass is 572 g/mol. The predicted molar refractivity (Wildman–Crippen MR) is 150 cm³/mol. The number of furan rings is 1. The van der Waals surface area contributed by atoms with Gasteiger partial charge in [0, 0.05) is 33.5 Å². The average Bonchev–Trinajstić information content (AvgIpc) is 3.66. The van der Waals surface area contributed by atoms with Gasteiger partial charge in [-0.05, 0) is 78.4 Å². The molecule has 196 valence electrons. The van der Waals surface area contributed by atoms with E-state index in [1.807, 2.05) is 12.1 Å². The van der Waals surface area contributed by atoms with Crippen LogP contribution in [0.2, 0.25) is 10.0 Å². The highest BCUT2D eigenvalue weighted by molar-refractivity contribution is 7.80. The van der Waals surface area contributed by atoms with Crippen LogP contribution in [0.4, 0.5) is 5.69 Å². The lowest BCUT2D eigenvalue weighted by Gasteiger charge is -2.22. The van der Waals surface area contributed by atoms with Crippen LogP contribution in [0.15, 0.2) is 59.0 Å². The van der Waals surface area contributed by atoms with E-state index in [1.54, 1.807) is 31.3 Å². The Hall–Kier alpha value is -2.86. The molecule has 12 heteroatoms. The first-order chi connectivity index (χ1) is 18.2. The number of amides is 1. The minimum atomic E-state index is -2.41. The van der Waals surface area contributed by atoms with Gasteiger partial charge in [0.25, 0.3) is 17.2 Å². The van der Waals surface area contributed by atoms with Crippen molar-refractivity contribution in [2.45, 2.75) is 25.3 Å². The summed E-state index contributed by atoms with van der Waals surface area (Å²) >= 11 is 9.83. The number of hydrogen-bond acceptors (Lipinski definition) is 5. The summed E-state index contributed by atoms with van der Waals surface area (Å²) in [5.74, 6) is 0.370. The Morgan fingerprint density at radius 1 is 1.13 bits per heavy atom. The molecule has 38 heavy (non-hydrogen) atoms. The highest BCUT2D eigenvalue weighted by Crippen LogP contribution is 2.45. The van der Waals surface area contributed by atoms with Gasteiger partial charge >= 0.3 is 7.12 Å². The molecule has 0 bridgehead atoms. The Labute approximate surface area is 231 Å². The first-order valence-corrected chi connectivity index (χ1v) is 13.6. The molecule has 1 heterocycles. The SMILES string of the molecule is CNC(=O)c1c(-c2ccc(Cl)cc2)oc2cc(CN(c3ccc(B(O)O)c(Cl)c3)S(=O)O)c(C3CC3)cc12. The fourth-order valence-corrected chi connectivity index (χ4v) is 5.48. The van der Waals surface area contributed by atoms with Crippen molar-refractivity contribution in [1.82, 2.24) is 5.32 Å². The number of rotatable bonds is 8.